The molecule has 1 amide bonds. The largest absolute Gasteiger partial charge is 0.277 e. The zero-order chi connectivity index (χ0) is 10.1. The fraction of sp³-hybridized carbons (Fsp3) is 0.111. The minimum atomic E-state index is -0.996. The number of nitrogens with zero attached hydrogens (tertiary/aromatic N) is 2. The molecule has 5 heteroatoms. The molecule has 1 atom stereocenters. The first-order valence-corrected chi connectivity index (χ1v) is 4.01. The molecule has 0 spiro atoms. The van der Waals surface area contributed by atoms with Gasteiger partial charge in [-0.15, -0.1) is 0 Å². The van der Waals surface area contributed by atoms with Gasteiger partial charge in [0.1, 0.15) is 0 Å². The van der Waals surface area contributed by atoms with Gasteiger partial charge in [-0.05, 0) is 6.07 Å². The Morgan fingerprint density at radius 1 is 1.36 bits per heavy atom. The van der Waals surface area contributed by atoms with E-state index in [0.717, 1.165) is 6.21 Å². The van der Waals surface area contributed by atoms with Crippen LogP contribution in [0.15, 0.2) is 29.3 Å². The molecule has 0 bridgehead atoms. The number of carbonyl (C=O) groups excluding carboxylic acids is 1. The number of hydrogen-bond acceptors (Lipinski definition) is 3. The highest BCUT2D eigenvalue weighted by Crippen LogP contribution is 2.23. The van der Waals surface area contributed by atoms with E-state index < -0.39 is 16.9 Å². The standard InChI is InChI=1S/C9H6N2O3/c12-9-7-4-2-1-3-6(7)8(5-10-9)11(13)14/h1-5,8H. The van der Waals surface area contributed by atoms with Crippen LogP contribution >= 0.6 is 0 Å². The third-order valence-corrected chi connectivity index (χ3v) is 2.07. The quantitative estimate of drug-likeness (QED) is 0.493. The van der Waals surface area contributed by atoms with Crippen molar-refractivity contribution in [1.29, 1.82) is 0 Å². The maximum atomic E-state index is 11.2. The van der Waals surface area contributed by atoms with Crippen molar-refractivity contribution in [2.75, 3.05) is 0 Å². The van der Waals surface area contributed by atoms with Gasteiger partial charge in [0.15, 0.2) is 0 Å². The summed E-state index contributed by atoms with van der Waals surface area (Å²) in [6.45, 7) is 0. The second kappa shape index (κ2) is 3.02. The molecule has 5 nitrogen and oxygen atoms in total. The number of rotatable bonds is 1. The number of amides is 1. The van der Waals surface area contributed by atoms with Crippen molar-refractivity contribution in [2.45, 2.75) is 6.04 Å². The third kappa shape index (κ3) is 1.19. The highest BCUT2D eigenvalue weighted by molar-refractivity contribution is 6.04. The summed E-state index contributed by atoms with van der Waals surface area (Å²) < 4.78 is 0. The molecule has 0 radical (unpaired) electrons. The van der Waals surface area contributed by atoms with Gasteiger partial charge < -0.3 is 0 Å². The van der Waals surface area contributed by atoms with Gasteiger partial charge in [-0.1, -0.05) is 18.2 Å². The monoisotopic (exact) mass is 190 g/mol. The van der Waals surface area contributed by atoms with Crippen LogP contribution in [-0.4, -0.2) is 17.0 Å². The van der Waals surface area contributed by atoms with E-state index in [-0.39, 0.29) is 0 Å². The molecule has 0 N–H and O–H groups in total. The van der Waals surface area contributed by atoms with E-state index in [0.29, 0.717) is 11.1 Å². The Balaban J connectivity index is 2.58. The smallest absolute Gasteiger partial charge is 0.267 e. The molecule has 1 aromatic carbocycles. The SMILES string of the molecule is O=C1N=CC([N+](=O)[O-])c2ccccc21. The van der Waals surface area contributed by atoms with Crippen molar-refractivity contribution in [2.24, 2.45) is 4.99 Å². The molecule has 1 aliphatic heterocycles. The van der Waals surface area contributed by atoms with Gasteiger partial charge in [0.05, 0.1) is 11.8 Å². The lowest BCUT2D eigenvalue weighted by Crippen LogP contribution is -2.20. The summed E-state index contributed by atoms with van der Waals surface area (Å²) in [5, 5.41) is 10.6. The molecule has 2 rings (SSSR count). The number of hydrogen-bond donors (Lipinski definition) is 0. The zero-order valence-corrected chi connectivity index (χ0v) is 7.08. The number of nitro groups is 1. The Morgan fingerprint density at radius 3 is 2.79 bits per heavy atom. The van der Waals surface area contributed by atoms with Crippen molar-refractivity contribution in [1.82, 2.24) is 0 Å². The van der Waals surface area contributed by atoms with Crippen LogP contribution < -0.4 is 0 Å². The molecular weight excluding hydrogens is 184 g/mol. The number of carbonyl (C=O) groups is 1. The van der Waals surface area contributed by atoms with Crippen LogP contribution in [0.2, 0.25) is 0 Å². The third-order valence-electron chi connectivity index (χ3n) is 2.07. The Hall–Kier alpha value is -2.04. The zero-order valence-electron chi connectivity index (χ0n) is 7.08. The van der Waals surface area contributed by atoms with Crippen molar-refractivity contribution in [3.63, 3.8) is 0 Å². The lowest BCUT2D eigenvalue weighted by atomic mass is 9.99. The molecule has 0 saturated carbocycles. The van der Waals surface area contributed by atoms with Crippen LogP contribution in [0.25, 0.3) is 0 Å². The highest BCUT2D eigenvalue weighted by Gasteiger charge is 2.29. The summed E-state index contributed by atoms with van der Waals surface area (Å²) in [5.41, 5.74) is 0.731. The summed E-state index contributed by atoms with van der Waals surface area (Å²) in [6.07, 6.45) is 1.07. The van der Waals surface area contributed by atoms with Crippen LogP contribution in [0.1, 0.15) is 22.0 Å². The summed E-state index contributed by atoms with van der Waals surface area (Å²) in [6, 6.07) is 5.45. The van der Waals surface area contributed by atoms with Gasteiger partial charge in [-0.3, -0.25) is 14.9 Å². The van der Waals surface area contributed by atoms with E-state index in [1.807, 2.05) is 0 Å². The van der Waals surface area contributed by atoms with E-state index in [9.17, 15) is 14.9 Å². The summed E-state index contributed by atoms with van der Waals surface area (Å²) in [4.78, 5) is 24.9. The molecule has 0 saturated heterocycles. The van der Waals surface area contributed by atoms with Crippen molar-refractivity contribution in [3.8, 4) is 0 Å². The Bertz CT molecular complexity index is 439. The van der Waals surface area contributed by atoms with E-state index in [2.05, 4.69) is 4.99 Å². The highest BCUT2D eigenvalue weighted by atomic mass is 16.6. The van der Waals surface area contributed by atoms with Gasteiger partial charge in [-0.25, -0.2) is 4.99 Å². The van der Waals surface area contributed by atoms with E-state index in [4.69, 9.17) is 0 Å². The molecule has 1 unspecified atom stereocenters. The first-order chi connectivity index (χ1) is 6.70. The molecule has 70 valence electrons. The fourth-order valence-electron chi connectivity index (χ4n) is 1.41. The summed E-state index contributed by atoms with van der Waals surface area (Å²) in [7, 11) is 0. The minimum absolute atomic E-state index is 0.316. The molecule has 14 heavy (non-hydrogen) atoms. The summed E-state index contributed by atoms with van der Waals surface area (Å²) in [5.74, 6) is -0.418. The first-order valence-electron chi connectivity index (χ1n) is 4.01. The topological polar surface area (TPSA) is 72.6 Å². The predicted molar refractivity (Wildman–Crippen MR) is 49.0 cm³/mol. The van der Waals surface area contributed by atoms with Crippen molar-refractivity contribution in [3.05, 3.63) is 45.5 Å². The number of aliphatic imine (C=N–C) groups is 1. The second-order valence-electron chi connectivity index (χ2n) is 2.90. The minimum Gasteiger partial charge on any atom is -0.267 e. The Labute approximate surface area is 79.2 Å². The van der Waals surface area contributed by atoms with Crippen LogP contribution in [0.4, 0.5) is 0 Å². The van der Waals surface area contributed by atoms with Gasteiger partial charge in [0, 0.05) is 10.5 Å². The molecule has 1 aromatic rings. The van der Waals surface area contributed by atoms with Crippen LogP contribution in [-0.2, 0) is 0 Å². The normalized spacial score (nSPS) is 19.1. The maximum Gasteiger partial charge on any atom is 0.277 e. The predicted octanol–water partition coefficient (Wildman–Crippen LogP) is 1.23. The first kappa shape index (κ1) is 8.55. The van der Waals surface area contributed by atoms with Crippen LogP contribution in [0.5, 0.6) is 0 Å². The number of fused-ring (bicyclic) bond motifs is 1. The maximum absolute atomic E-state index is 11.2. The van der Waals surface area contributed by atoms with E-state index in [1.54, 1.807) is 24.3 Å². The lowest BCUT2D eigenvalue weighted by molar-refractivity contribution is -0.507. The lowest BCUT2D eigenvalue weighted by Gasteiger charge is -2.11. The Kier molecular flexibility index (Phi) is 1.85. The van der Waals surface area contributed by atoms with Gasteiger partial charge in [0.2, 0.25) is 0 Å². The fourth-order valence-corrected chi connectivity index (χ4v) is 1.41. The molecule has 0 aliphatic carbocycles. The molecule has 0 aromatic heterocycles. The van der Waals surface area contributed by atoms with Gasteiger partial charge >= 0.3 is 0 Å². The number of benzene rings is 1. The average molecular weight is 190 g/mol. The second-order valence-corrected chi connectivity index (χ2v) is 2.90. The summed E-state index contributed by atoms with van der Waals surface area (Å²) >= 11 is 0. The van der Waals surface area contributed by atoms with Crippen LogP contribution in [0, 0.1) is 10.1 Å². The van der Waals surface area contributed by atoms with Crippen molar-refractivity contribution < 1.29 is 9.72 Å². The molecule has 1 aliphatic rings. The van der Waals surface area contributed by atoms with E-state index in [1.165, 1.54) is 0 Å². The van der Waals surface area contributed by atoms with E-state index >= 15 is 0 Å². The Morgan fingerprint density at radius 2 is 2.07 bits per heavy atom. The molecular formula is C9H6N2O3. The molecule has 0 fully saturated rings. The average Bonchev–Trinajstić information content (AvgIpc) is 2.18. The van der Waals surface area contributed by atoms with Gasteiger partial charge in [0.25, 0.3) is 11.9 Å². The van der Waals surface area contributed by atoms with Crippen LogP contribution in [0.3, 0.4) is 0 Å². The van der Waals surface area contributed by atoms with Crippen molar-refractivity contribution >= 4 is 12.1 Å². The van der Waals surface area contributed by atoms with Gasteiger partial charge in [-0.2, -0.15) is 0 Å². The molecule has 1 heterocycles.